The maximum absolute atomic E-state index is 12.6. The molecule has 1 heterocycles. The van der Waals surface area contributed by atoms with E-state index in [-0.39, 0.29) is 18.3 Å². The van der Waals surface area contributed by atoms with Crippen LogP contribution in [-0.4, -0.2) is 13.1 Å². The average molecular weight is 280 g/mol. The lowest BCUT2D eigenvalue weighted by atomic mass is 9.82. The Balaban J connectivity index is 0.00000162. The zero-order chi connectivity index (χ0) is 12.5. The van der Waals surface area contributed by atoms with E-state index in [1.807, 2.05) is 6.07 Å². The molecule has 1 aliphatic heterocycles. The van der Waals surface area contributed by atoms with Crippen LogP contribution in [0.15, 0.2) is 24.3 Å². The van der Waals surface area contributed by atoms with Crippen molar-refractivity contribution in [3.8, 4) is 0 Å². The second kappa shape index (κ2) is 5.93. The van der Waals surface area contributed by atoms with Crippen molar-refractivity contribution in [2.45, 2.75) is 25.4 Å². The highest BCUT2D eigenvalue weighted by Crippen LogP contribution is 2.34. The SMILES string of the molecule is CC1CNCCC1c1cccc(C(F)(F)F)c1.Cl. The van der Waals surface area contributed by atoms with Gasteiger partial charge in [0.1, 0.15) is 0 Å². The Kier molecular flexibility index (Phi) is 5.05. The summed E-state index contributed by atoms with van der Waals surface area (Å²) in [7, 11) is 0. The lowest BCUT2D eigenvalue weighted by molar-refractivity contribution is -0.137. The Morgan fingerprint density at radius 2 is 2.00 bits per heavy atom. The monoisotopic (exact) mass is 279 g/mol. The maximum atomic E-state index is 12.6. The van der Waals surface area contributed by atoms with Gasteiger partial charge in [-0.1, -0.05) is 25.1 Å². The minimum Gasteiger partial charge on any atom is -0.316 e. The molecule has 1 aromatic rings. The maximum Gasteiger partial charge on any atom is 0.416 e. The number of piperidine rings is 1. The smallest absolute Gasteiger partial charge is 0.316 e. The largest absolute Gasteiger partial charge is 0.416 e. The first-order valence-electron chi connectivity index (χ1n) is 5.86. The van der Waals surface area contributed by atoms with E-state index >= 15 is 0 Å². The second-order valence-electron chi connectivity index (χ2n) is 4.70. The van der Waals surface area contributed by atoms with E-state index < -0.39 is 11.7 Å². The van der Waals surface area contributed by atoms with E-state index in [4.69, 9.17) is 0 Å². The van der Waals surface area contributed by atoms with Gasteiger partial charge in [-0.3, -0.25) is 0 Å². The zero-order valence-corrected chi connectivity index (χ0v) is 10.9. The molecule has 0 bridgehead atoms. The third-order valence-corrected chi connectivity index (χ3v) is 3.43. The van der Waals surface area contributed by atoms with Crippen molar-refractivity contribution in [2.75, 3.05) is 13.1 Å². The van der Waals surface area contributed by atoms with Crippen LogP contribution in [0.5, 0.6) is 0 Å². The summed E-state index contributed by atoms with van der Waals surface area (Å²) in [6.45, 7) is 3.84. The van der Waals surface area contributed by atoms with Crippen LogP contribution in [0.1, 0.15) is 30.4 Å². The summed E-state index contributed by atoms with van der Waals surface area (Å²) >= 11 is 0. The third kappa shape index (κ3) is 3.39. The molecule has 0 amide bonds. The van der Waals surface area contributed by atoms with Crippen molar-refractivity contribution < 1.29 is 13.2 Å². The lowest BCUT2D eigenvalue weighted by Gasteiger charge is -2.30. The standard InChI is InChI=1S/C13H16F3N.ClH/c1-9-8-17-6-5-12(9)10-3-2-4-11(7-10)13(14,15)16;/h2-4,7,9,12,17H,5-6,8H2,1H3;1H. The van der Waals surface area contributed by atoms with Crippen LogP contribution in [0.25, 0.3) is 0 Å². The summed E-state index contributed by atoms with van der Waals surface area (Å²) in [6.07, 6.45) is -3.34. The molecule has 1 aromatic carbocycles. The van der Waals surface area contributed by atoms with E-state index in [1.54, 1.807) is 0 Å². The molecule has 0 aliphatic carbocycles. The Hall–Kier alpha value is -0.740. The number of nitrogens with one attached hydrogen (secondary N) is 1. The molecule has 1 aliphatic rings. The van der Waals surface area contributed by atoms with Crippen molar-refractivity contribution in [3.05, 3.63) is 35.4 Å². The molecule has 1 N–H and O–H groups in total. The van der Waals surface area contributed by atoms with Crippen molar-refractivity contribution in [1.29, 1.82) is 0 Å². The summed E-state index contributed by atoms with van der Waals surface area (Å²) < 4.78 is 37.9. The average Bonchev–Trinajstić information content (AvgIpc) is 2.29. The molecule has 1 nitrogen and oxygen atoms in total. The normalized spacial score (nSPS) is 24.4. The fourth-order valence-electron chi connectivity index (χ4n) is 2.45. The molecule has 102 valence electrons. The highest BCUT2D eigenvalue weighted by Gasteiger charge is 2.31. The first kappa shape index (κ1) is 15.3. The predicted octanol–water partition coefficient (Wildman–Crippen LogP) is 3.84. The molecule has 5 heteroatoms. The molecular formula is C13H17ClF3N. The van der Waals surface area contributed by atoms with Crippen molar-refractivity contribution in [1.82, 2.24) is 5.32 Å². The summed E-state index contributed by atoms with van der Waals surface area (Å²) in [6, 6.07) is 5.75. The molecular weight excluding hydrogens is 263 g/mol. The van der Waals surface area contributed by atoms with Crippen LogP contribution in [0.4, 0.5) is 13.2 Å². The summed E-state index contributed by atoms with van der Waals surface area (Å²) in [4.78, 5) is 0. The second-order valence-corrected chi connectivity index (χ2v) is 4.70. The quantitative estimate of drug-likeness (QED) is 0.824. The van der Waals surface area contributed by atoms with Gasteiger partial charge in [-0.2, -0.15) is 13.2 Å². The van der Waals surface area contributed by atoms with E-state index in [2.05, 4.69) is 12.2 Å². The van der Waals surface area contributed by atoms with E-state index in [0.717, 1.165) is 31.1 Å². The van der Waals surface area contributed by atoms with Gasteiger partial charge in [0.05, 0.1) is 5.56 Å². The molecule has 1 saturated heterocycles. The lowest BCUT2D eigenvalue weighted by Crippen LogP contribution is -2.33. The minimum atomic E-state index is -4.24. The van der Waals surface area contributed by atoms with Gasteiger partial charge in [-0.25, -0.2) is 0 Å². The predicted molar refractivity (Wildman–Crippen MR) is 68.1 cm³/mol. The van der Waals surface area contributed by atoms with E-state index in [1.165, 1.54) is 12.1 Å². The molecule has 0 radical (unpaired) electrons. The van der Waals surface area contributed by atoms with Crippen LogP contribution in [0, 0.1) is 5.92 Å². The molecule has 0 saturated carbocycles. The number of rotatable bonds is 1. The highest BCUT2D eigenvalue weighted by atomic mass is 35.5. The molecule has 2 atom stereocenters. The number of hydrogen-bond acceptors (Lipinski definition) is 1. The Labute approximate surface area is 111 Å². The van der Waals surface area contributed by atoms with Gasteiger partial charge in [0.15, 0.2) is 0 Å². The summed E-state index contributed by atoms with van der Waals surface area (Å²) in [5.41, 5.74) is 0.273. The van der Waals surface area contributed by atoms with E-state index in [9.17, 15) is 13.2 Å². The van der Waals surface area contributed by atoms with Gasteiger partial charge in [0.2, 0.25) is 0 Å². The fraction of sp³-hybridized carbons (Fsp3) is 0.538. The Morgan fingerprint density at radius 1 is 1.28 bits per heavy atom. The molecule has 2 rings (SSSR count). The molecule has 0 spiro atoms. The summed E-state index contributed by atoms with van der Waals surface area (Å²) in [5.74, 6) is 0.616. The van der Waals surface area contributed by atoms with Gasteiger partial charge >= 0.3 is 6.18 Å². The number of hydrogen-bond donors (Lipinski definition) is 1. The molecule has 0 aromatic heterocycles. The molecule has 18 heavy (non-hydrogen) atoms. The Bertz CT molecular complexity index is 392. The highest BCUT2D eigenvalue weighted by molar-refractivity contribution is 5.85. The van der Waals surface area contributed by atoms with Crippen LogP contribution in [0.3, 0.4) is 0 Å². The summed E-state index contributed by atoms with van der Waals surface area (Å²) in [5, 5.41) is 3.26. The van der Waals surface area contributed by atoms with Gasteiger partial charge in [0.25, 0.3) is 0 Å². The third-order valence-electron chi connectivity index (χ3n) is 3.43. The topological polar surface area (TPSA) is 12.0 Å². The Morgan fingerprint density at radius 3 is 2.61 bits per heavy atom. The molecule has 2 unspecified atom stereocenters. The zero-order valence-electron chi connectivity index (χ0n) is 10.1. The number of alkyl halides is 3. The van der Waals surface area contributed by atoms with Gasteiger partial charge in [-0.15, -0.1) is 12.4 Å². The minimum absolute atomic E-state index is 0. The van der Waals surface area contributed by atoms with Crippen LogP contribution >= 0.6 is 12.4 Å². The van der Waals surface area contributed by atoms with Crippen molar-refractivity contribution in [3.63, 3.8) is 0 Å². The fourth-order valence-corrected chi connectivity index (χ4v) is 2.45. The number of halogens is 4. The van der Waals surface area contributed by atoms with Crippen LogP contribution in [0.2, 0.25) is 0 Å². The van der Waals surface area contributed by atoms with Crippen molar-refractivity contribution >= 4 is 12.4 Å². The first-order valence-corrected chi connectivity index (χ1v) is 5.86. The number of benzene rings is 1. The van der Waals surface area contributed by atoms with Gasteiger partial charge in [0, 0.05) is 0 Å². The van der Waals surface area contributed by atoms with Gasteiger partial charge in [-0.05, 0) is 43.0 Å². The molecule has 1 fully saturated rings. The van der Waals surface area contributed by atoms with Crippen LogP contribution in [-0.2, 0) is 6.18 Å². The van der Waals surface area contributed by atoms with E-state index in [0.29, 0.717) is 5.92 Å². The first-order chi connectivity index (χ1) is 7.98. The van der Waals surface area contributed by atoms with Crippen LogP contribution < -0.4 is 5.32 Å². The van der Waals surface area contributed by atoms with Crippen molar-refractivity contribution in [2.24, 2.45) is 5.92 Å². The van der Waals surface area contributed by atoms with Gasteiger partial charge < -0.3 is 5.32 Å².